The molecule has 3 amide bonds. The van der Waals surface area contributed by atoms with Gasteiger partial charge < -0.3 is 20.4 Å². The Bertz CT molecular complexity index is 1070. The molecule has 1 aliphatic heterocycles. The maximum Gasteiger partial charge on any atom is 0.321 e. The average molecular weight is 437 g/mol. The van der Waals surface area contributed by atoms with Gasteiger partial charge in [0.15, 0.2) is 0 Å². The van der Waals surface area contributed by atoms with Crippen molar-refractivity contribution in [3.63, 3.8) is 0 Å². The van der Waals surface area contributed by atoms with Crippen molar-refractivity contribution in [2.45, 2.75) is 0 Å². The SMILES string of the molecule is O=C(Nc1cccc(NC(=O)N2CCN(c3ncccn3)CC2)c1)c1cccc(Cl)c1. The molecule has 0 atom stereocenters. The molecule has 1 aliphatic rings. The lowest BCUT2D eigenvalue weighted by molar-refractivity contribution is 0.102. The van der Waals surface area contributed by atoms with Gasteiger partial charge >= 0.3 is 6.03 Å². The molecule has 0 radical (unpaired) electrons. The number of nitrogens with zero attached hydrogens (tertiary/aromatic N) is 4. The third-order valence-corrected chi connectivity index (χ3v) is 5.10. The van der Waals surface area contributed by atoms with Crippen molar-refractivity contribution in [3.05, 3.63) is 77.6 Å². The van der Waals surface area contributed by atoms with Crippen LogP contribution < -0.4 is 15.5 Å². The number of benzene rings is 2. The largest absolute Gasteiger partial charge is 0.337 e. The number of anilines is 3. The van der Waals surface area contributed by atoms with E-state index in [1.165, 1.54) is 0 Å². The molecular weight excluding hydrogens is 416 g/mol. The fraction of sp³-hybridized carbons (Fsp3) is 0.182. The third kappa shape index (κ3) is 5.29. The molecule has 1 aromatic heterocycles. The topological polar surface area (TPSA) is 90.5 Å². The van der Waals surface area contributed by atoms with Gasteiger partial charge in [-0.1, -0.05) is 23.7 Å². The molecule has 8 nitrogen and oxygen atoms in total. The van der Waals surface area contributed by atoms with Crippen molar-refractivity contribution < 1.29 is 9.59 Å². The molecular formula is C22H21ClN6O2. The van der Waals surface area contributed by atoms with Crippen LogP contribution in [-0.4, -0.2) is 53.0 Å². The standard InChI is InChI=1S/C22H21ClN6O2/c23-17-5-1-4-16(14-17)20(30)26-18-6-2-7-19(15-18)27-22(31)29-12-10-28(11-13-29)21-24-8-3-9-25-21/h1-9,14-15H,10-13H2,(H,26,30)(H,27,31). The van der Waals surface area contributed by atoms with E-state index in [4.69, 9.17) is 11.6 Å². The van der Waals surface area contributed by atoms with Gasteiger partial charge in [0.1, 0.15) is 0 Å². The maximum atomic E-state index is 12.7. The minimum Gasteiger partial charge on any atom is -0.337 e. The molecule has 2 N–H and O–H groups in total. The van der Waals surface area contributed by atoms with Crippen molar-refractivity contribution in [1.82, 2.24) is 14.9 Å². The third-order valence-electron chi connectivity index (χ3n) is 4.86. The normalized spacial score (nSPS) is 13.6. The summed E-state index contributed by atoms with van der Waals surface area (Å²) >= 11 is 5.95. The van der Waals surface area contributed by atoms with Crippen LogP contribution >= 0.6 is 11.6 Å². The maximum absolute atomic E-state index is 12.7. The Morgan fingerprint density at radius 3 is 2.23 bits per heavy atom. The van der Waals surface area contributed by atoms with Crippen molar-refractivity contribution in [2.24, 2.45) is 0 Å². The van der Waals surface area contributed by atoms with Gasteiger partial charge in [0, 0.05) is 60.5 Å². The molecule has 3 aromatic rings. The summed E-state index contributed by atoms with van der Waals surface area (Å²) in [5.74, 6) is 0.399. The predicted molar refractivity (Wildman–Crippen MR) is 121 cm³/mol. The number of halogens is 1. The summed E-state index contributed by atoms with van der Waals surface area (Å²) in [6.07, 6.45) is 3.42. The lowest BCUT2D eigenvalue weighted by atomic mass is 10.2. The van der Waals surface area contributed by atoms with Gasteiger partial charge in [-0.3, -0.25) is 4.79 Å². The van der Waals surface area contributed by atoms with Gasteiger partial charge in [-0.05, 0) is 42.5 Å². The number of hydrogen-bond acceptors (Lipinski definition) is 5. The number of nitrogens with one attached hydrogen (secondary N) is 2. The molecule has 0 saturated carbocycles. The van der Waals surface area contributed by atoms with Crippen molar-refractivity contribution in [1.29, 1.82) is 0 Å². The van der Waals surface area contributed by atoms with Crippen LogP contribution in [0.2, 0.25) is 5.02 Å². The van der Waals surface area contributed by atoms with Crippen LogP contribution in [0, 0.1) is 0 Å². The number of rotatable bonds is 4. The van der Waals surface area contributed by atoms with Crippen LogP contribution in [0.4, 0.5) is 22.1 Å². The molecule has 9 heteroatoms. The Balaban J connectivity index is 1.33. The smallest absolute Gasteiger partial charge is 0.321 e. The lowest BCUT2D eigenvalue weighted by Crippen LogP contribution is -2.50. The number of piperazine rings is 1. The number of amides is 3. The van der Waals surface area contributed by atoms with Crippen LogP contribution in [0.1, 0.15) is 10.4 Å². The second kappa shape index (κ2) is 9.44. The monoisotopic (exact) mass is 436 g/mol. The van der Waals surface area contributed by atoms with Crippen LogP contribution in [0.3, 0.4) is 0 Å². The Kier molecular flexibility index (Phi) is 6.28. The molecule has 0 spiro atoms. The van der Waals surface area contributed by atoms with Crippen LogP contribution in [0.5, 0.6) is 0 Å². The molecule has 0 unspecified atom stereocenters. The first kappa shape index (κ1) is 20.6. The van der Waals surface area contributed by atoms with E-state index in [-0.39, 0.29) is 11.9 Å². The van der Waals surface area contributed by atoms with E-state index < -0.39 is 0 Å². The van der Waals surface area contributed by atoms with E-state index in [1.807, 2.05) is 0 Å². The number of carbonyl (C=O) groups is 2. The predicted octanol–water partition coefficient (Wildman–Crippen LogP) is 3.74. The summed E-state index contributed by atoms with van der Waals surface area (Å²) in [6.45, 7) is 2.45. The van der Waals surface area contributed by atoms with E-state index >= 15 is 0 Å². The van der Waals surface area contributed by atoms with Gasteiger partial charge in [0.25, 0.3) is 5.91 Å². The lowest BCUT2D eigenvalue weighted by Gasteiger charge is -2.34. The Hall–Kier alpha value is -3.65. The molecule has 158 valence electrons. The second-order valence-electron chi connectivity index (χ2n) is 7.00. The number of aromatic nitrogens is 2. The molecule has 1 fully saturated rings. The van der Waals surface area contributed by atoms with Gasteiger partial charge in [0.05, 0.1) is 0 Å². The number of hydrogen-bond donors (Lipinski definition) is 2. The van der Waals surface area contributed by atoms with E-state index in [9.17, 15) is 9.59 Å². The minimum absolute atomic E-state index is 0.188. The van der Waals surface area contributed by atoms with Crippen LogP contribution in [0.25, 0.3) is 0 Å². The van der Waals surface area contributed by atoms with E-state index in [0.29, 0.717) is 54.1 Å². The fourth-order valence-corrected chi connectivity index (χ4v) is 3.46. The molecule has 2 heterocycles. The van der Waals surface area contributed by atoms with Gasteiger partial charge in [-0.2, -0.15) is 0 Å². The highest BCUT2D eigenvalue weighted by Gasteiger charge is 2.22. The quantitative estimate of drug-likeness (QED) is 0.650. The second-order valence-corrected chi connectivity index (χ2v) is 7.43. The summed E-state index contributed by atoms with van der Waals surface area (Å²) in [7, 11) is 0. The zero-order valence-electron chi connectivity index (χ0n) is 16.7. The highest BCUT2D eigenvalue weighted by atomic mass is 35.5. The first-order valence-corrected chi connectivity index (χ1v) is 10.2. The highest BCUT2D eigenvalue weighted by Crippen LogP contribution is 2.18. The summed E-state index contributed by atoms with van der Waals surface area (Å²) in [4.78, 5) is 37.4. The van der Waals surface area contributed by atoms with Crippen LogP contribution in [0.15, 0.2) is 67.0 Å². The fourth-order valence-electron chi connectivity index (χ4n) is 3.27. The minimum atomic E-state index is -0.273. The zero-order chi connectivity index (χ0) is 21.6. The van der Waals surface area contributed by atoms with Crippen molar-refractivity contribution in [3.8, 4) is 0 Å². The Labute approximate surface area is 184 Å². The molecule has 4 rings (SSSR count). The first-order chi connectivity index (χ1) is 15.1. The first-order valence-electron chi connectivity index (χ1n) is 9.83. The van der Waals surface area contributed by atoms with Crippen LogP contribution in [-0.2, 0) is 0 Å². The highest BCUT2D eigenvalue weighted by molar-refractivity contribution is 6.31. The number of carbonyl (C=O) groups excluding carboxylic acids is 2. The molecule has 2 aromatic carbocycles. The molecule has 1 saturated heterocycles. The van der Waals surface area contributed by atoms with Gasteiger partial charge in [0.2, 0.25) is 5.95 Å². The molecule has 31 heavy (non-hydrogen) atoms. The van der Waals surface area contributed by atoms with Crippen molar-refractivity contribution >= 4 is 40.9 Å². The summed E-state index contributed by atoms with van der Waals surface area (Å²) in [5.41, 5.74) is 1.64. The van der Waals surface area contributed by atoms with Crippen molar-refractivity contribution in [2.75, 3.05) is 41.7 Å². The van der Waals surface area contributed by atoms with E-state index in [0.717, 1.165) is 0 Å². The summed E-state index contributed by atoms with van der Waals surface area (Å²) in [6, 6.07) is 15.3. The molecule has 0 aliphatic carbocycles. The van der Waals surface area contributed by atoms with E-state index in [1.54, 1.807) is 71.9 Å². The zero-order valence-corrected chi connectivity index (χ0v) is 17.4. The van der Waals surface area contributed by atoms with Gasteiger partial charge in [-0.25, -0.2) is 14.8 Å². The number of urea groups is 1. The van der Waals surface area contributed by atoms with E-state index in [2.05, 4.69) is 25.5 Å². The Morgan fingerprint density at radius 1 is 0.839 bits per heavy atom. The average Bonchev–Trinajstić information content (AvgIpc) is 2.80. The Morgan fingerprint density at radius 2 is 1.52 bits per heavy atom. The van der Waals surface area contributed by atoms with Gasteiger partial charge in [-0.15, -0.1) is 0 Å². The summed E-state index contributed by atoms with van der Waals surface area (Å²) < 4.78 is 0. The summed E-state index contributed by atoms with van der Waals surface area (Å²) in [5, 5.41) is 6.21. The molecule has 0 bridgehead atoms.